The van der Waals surface area contributed by atoms with Gasteiger partial charge in [0.2, 0.25) is 0 Å². The van der Waals surface area contributed by atoms with Crippen LogP contribution in [-0.4, -0.2) is 43.1 Å². The predicted molar refractivity (Wildman–Crippen MR) is 71.2 cm³/mol. The van der Waals surface area contributed by atoms with Crippen LogP contribution in [0, 0.1) is 0 Å². The summed E-state index contributed by atoms with van der Waals surface area (Å²) in [7, 11) is 1.95. The molecule has 1 aromatic rings. The minimum absolute atomic E-state index is 0.0439. The summed E-state index contributed by atoms with van der Waals surface area (Å²) < 4.78 is 5.58. The lowest BCUT2D eigenvalue weighted by atomic mass is 10.0. The van der Waals surface area contributed by atoms with Gasteiger partial charge in [-0.3, -0.25) is 0 Å². The molecule has 0 fully saturated rings. The molecular formula is C14H21NO3. The summed E-state index contributed by atoms with van der Waals surface area (Å²) in [6.07, 6.45) is 2.67. The van der Waals surface area contributed by atoms with Gasteiger partial charge in [0.05, 0.1) is 19.3 Å². The molecule has 0 aromatic heterocycles. The lowest BCUT2D eigenvalue weighted by Crippen LogP contribution is -2.35. The first-order valence-corrected chi connectivity index (χ1v) is 6.46. The molecule has 0 radical (unpaired) electrons. The van der Waals surface area contributed by atoms with Crippen LogP contribution in [-0.2, 0) is 6.42 Å². The fraction of sp³-hybridized carbons (Fsp3) is 0.571. The number of hydrogen-bond acceptors (Lipinski definition) is 4. The van der Waals surface area contributed by atoms with Gasteiger partial charge in [0.15, 0.2) is 0 Å². The highest BCUT2D eigenvalue weighted by Crippen LogP contribution is 2.29. The fourth-order valence-electron chi connectivity index (χ4n) is 2.33. The molecule has 0 spiro atoms. The summed E-state index contributed by atoms with van der Waals surface area (Å²) >= 11 is 0. The van der Waals surface area contributed by atoms with Gasteiger partial charge in [-0.1, -0.05) is 0 Å². The van der Waals surface area contributed by atoms with Crippen molar-refractivity contribution in [3.63, 3.8) is 0 Å². The SMILES string of the molecule is CN(c1ccc2c(c1)CCCO2)C(CO)CCO. The lowest BCUT2D eigenvalue weighted by Gasteiger charge is -2.29. The van der Waals surface area contributed by atoms with Crippen LogP contribution in [0.4, 0.5) is 5.69 Å². The molecule has 1 unspecified atom stereocenters. The van der Waals surface area contributed by atoms with Gasteiger partial charge in [0.1, 0.15) is 5.75 Å². The van der Waals surface area contributed by atoms with E-state index in [4.69, 9.17) is 9.84 Å². The number of aryl methyl sites for hydroxylation is 1. The first kappa shape index (κ1) is 13.2. The van der Waals surface area contributed by atoms with Gasteiger partial charge in [-0.05, 0) is 43.0 Å². The maximum absolute atomic E-state index is 9.35. The van der Waals surface area contributed by atoms with E-state index in [9.17, 15) is 5.11 Å². The molecule has 0 amide bonds. The average Bonchev–Trinajstić information content (AvgIpc) is 2.43. The quantitative estimate of drug-likeness (QED) is 0.825. The third-order valence-corrected chi connectivity index (χ3v) is 3.52. The highest BCUT2D eigenvalue weighted by Gasteiger charge is 2.16. The Hall–Kier alpha value is -1.26. The molecule has 0 aliphatic carbocycles. The van der Waals surface area contributed by atoms with Gasteiger partial charge in [-0.15, -0.1) is 0 Å². The van der Waals surface area contributed by atoms with Crippen molar-refractivity contribution in [3.8, 4) is 5.75 Å². The number of anilines is 1. The van der Waals surface area contributed by atoms with Crippen LogP contribution in [0.25, 0.3) is 0 Å². The van der Waals surface area contributed by atoms with Crippen LogP contribution < -0.4 is 9.64 Å². The number of fused-ring (bicyclic) bond motifs is 1. The van der Waals surface area contributed by atoms with E-state index in [0.717, 1.165) is 30.9 Å². The second kappa shape index (κ2) is 6.07. The number of hydrogen-bond donors (Lipinski definition) is 2. The third-order valence-electron chi connectivity index (χ3n) is 3.52. The first-order chi connectivity index (χ1) is 8.76. The summed E-state index contributed by atoms with van der Waals surface area (Å²) in [6.45, 7) is 0.931. The molecule has 18 heavy (non-hydrogen) atoms. The van der Waals surface area contributed by atoms with Crippen molar-refractivity contribution in [2.75, 3.05) is 31.8 Å². The molecule has 2 N–H and O–H groups in total. The largest absolute Gasteiger partial charge is 0.493 e. The zero-order chi connectivity index (χ0) is 13.0. The van der Waals surface area contributed by atoms with E-state index in [1.54, 1.807) is 0 Å². The number of rotatable bonds is 5. The van der Waals surface area contributed by atoms with E-state index in [0.29, 0.717) is 6.42 Å². The molecule has 1 aliphatic rings. The third kappa shape index (κ3) is 2.76. The van der Waals surface area contributed by atoms with Crippen LogP contribution in [0.1, 0.15) is 18.4 Å². The van der Waals surface area contributed by atoms with Crippen LogP contribution in [0.3, 0.4) is 0 Å². The van der Waals surface area contributed by atoms with E-state index in [1.807, 2.05) is 24.1 Å². The smallest absolute Gasteiger partial charge is 0.122 e. The van der Waals surface area contributed by atoms with Crippen LogP contribution in [0.15, 0.2) is 18.2 Å². The van der Waals surface area contributed by atoms with Crippen molar-refractivity contribution in [2.45, 2.75) is 25.3 Å². The molecule has 4 nitrogen and oxygen atoms in total. The van der Waals surface area contributed by atoms with Gasteiger partial charge in [-0.2, -0.15) is 0 Å². The zero-order valence-electron chi connectivity index (χ0n) is 10.8. The molecule has 4 heteroatoms. The maximum Gasteiger partial charge on any atom is 0.122 e. The van der Waals surface area contributed by atoms with E-state index >= 15 is 0 Å². The molecule has 0 bridgehead atoms. The Labute approximate surface area is 108 Å². The Bertz CT molecular complexity index is 395. The molecule has 1 atom stereocenters. The predicted octanol–water partition coefficient (Wildman–Crippen LogP) is 1.19. The number of aliphatic hydroxyl groups excluding tert-OH is 2. The van der Waals surface area contributed by atoms with Gasteiger partial charge in [0, 0.05) is 19.3 Å². The summed E-state index contributed by atoms with van der Waals surface area (Å²) in [5, 5.41) is 18.3. The van der Waals surface area contributed by atoms with Crippen LogP contribution in [0.2, 0.25) is 0 Å². The van der Waals surface area contributed by atoms with Crippen molar-refractivity contribution in [2.24, 2.45) is 0 Å². The minimum Gasteiger partial charge on any atom is -0.493 e. The number of ether oxygens (including phenoxy) is 1. The molecule has 0 saturated carbocycles. The molecular weight excluding hydrogens is 230 g/mol. The van der Waals surface area contributed by atoms with Crippen molar-refractivity contribution in [1.29, 1.82) is 0 Å². The normalized spacial score (nSPS) is 15.7. The van der Waals surface area contributed by atoms with E-state index < -0.39 is 0 Å². The summed E-state index contributed by atoms with van der Waals surface area (Å²) in [5.41, 5.74) is 2.29. The average molecular weight is 251 g/mol. The van der Waals surface area contributed by atoms with Crippen molar-refractivity contribution in [3.05, 3.63) is 23.8 Å². The second-order valence-corrected chi connectivity index (χ2v) is 4.70. The minimum atomic E-state index is -0.0439. The standard InChI is InChI=1S/C14H21NO3/c1-15(13(10-17)6-7-16)12-4-5-14-11(9-12)3-2-8-18-14/h4-5,9,13,16-17H,2-3,6-8,10H2,1H3. The van der Waals surface area contributed by atoms with Gasteiger partial charge in [0.25, 0.3) is 0 Å². The Morgan fingerprint density at radius 1 is 1.39 bits per heavy atom. The zero-order valence-corrected chi connectivity index (χ0v) is 10.8. The molecule has 1 aromatic carbocycles. The summed E-state index contributed by atoms with van der Waals surface area (Å²) in [6, 6.07) is 6.07. The molecule has 2 rings (SSSR count). The number of aliphatic hydroxyl groups is 2. The molecule has 1 aliphatic heterocycles. The van der Waals surface area contributed by atoms with Crippen LogP contribution in [0.5, 0.6) is 5.75 Å². The Morgan fingerprint density at radius 2 is 2.22 bits per heavy atom. The fourth-order valence-corrected chi connectivity index (χ4v) is 2.33. The molecule has 100 valence electrons. The van der Waals surface area contributed by atoms with Crippen LogP contribution >= 0.6 is 0 Å². The number of likely N-dealkylation sites (N-methyl/N-ethyl adjacent to an activating group) is 1. The highest BCUT2D eigenvalue weighted by atomic mass is 16.5. The van der Waals surface area contributed by atoms with Crippen molar-refractivity contribution < 1.29 is 14.9 Å². The van der Waals surface area contributed by atoms with Crippen molar-refractivity contribution in [1.82, 2.24) is 0 Å². The van der Waals surface area contributed by atoms with Gasteiger partial charge < -0.3 is 19.8 Å². The number of benzene rings is 1. The number of nitrogens with zero attached hydrogens (tertiary/aromatic N) is 1. The lowest BCUT2D eigenvalue weighted by molar-refractivity contribution is 0.218. The van der Waals surface area contributed by atoms with E-state index in [2.05, 4.69) is 6.07 Å². The van der Waals surface area contributed by atoms with E-state index in [1.165, 1.54) is 5.56 Å². The molecule has 0 saturated heterocycles. The van der Waals surface area contributed by atoms with Crippen molar-refractivity contribution >= 4 is 5.69 Å². The summed E-state index contributed by atoms with van der Waals surface area (Å²) in [4.78, 5) is 2.02. The Kier molecular flexibility index (Phi) is 4.44. The Balaban J connectivity index is 2.17. The summed E-state index contributed by atoms with van der Waals surface area (Å²) in [5.74, 6) is 0.973. The van der Waals surface area contributed by atoms with Gasteiger partial charge in [-0.25, -0.2) is 0 Å². The highest BCUT2D eigenvalue weighted by molar-refractivity contribution is 5.54. The maximum atomic E-state index is 9.35. The van der Waals surface area contributed by atoms with E-state index in [-0.39, 0.29) is 19.3 Å². The monoisotopic (exact) mass is 251 g/mol. The van der Waals surface area contributed by atoms with Gasteiger partial charge >= 0.3 is 0 Å². The first-order valence-electron chi connectivity index (χ1n) is 6.46. The Morgan fingerprint density at radius 3 is 2.94 bits per heavy atom. The molecule has 1 heterocycles. The topological polar surface area (TPSA) is 52.9 Å². The second-order valence-electron chi connectivity index (χ2n) is 4.70.